The third-order valence-corrected chi connectivity index (χ3v) is 3.19. The van der Waals surface area contributed by atoms with Crippen LogP contribution in [0.2, 0.25) is 0 Å². The van der Waals surface area contributed by atoms with Crippen molar-refractivity contribution in [2.24, 2.45) is 0 Å². The van der Waals surface area contributed by atoms with Crippen LogP contribution < -0.4 is 10.1 Å². The predicted octanol–water partition coefficient (Wildman–Crippen LogP) is 2.55. The molecule has 0 aliphatic carbocycles. The molecule has 1 aromatic rings. The maximum atomic E-state index is 6.04. The molecule has 1 aliphatic rings. The van der Waals surface area contributed by atoms with E-state index in [1.807, 2.05) is 13.8 Å². The van der Waals surface area contributed by atoms with Crippen molar-refractivity contribution in [3.63, 3.8) is 0 Å². The van der Waals surface area contributed by atoms with E-state index in [-0.39, 0.29) is 18.3 Å². The van der Waals surface area contributed by atoms with Gasteiger partial charge in [0.05, 0.1) is 12.2 Å². The number of hydrogen-bond donors (Lipinski definition) is 1. The average Bonchev–Trinajstić information content (AvgIpc) is 2.32. The molecule has 1 aliphatic heterocycles. The number of ether oxygens (including phenoxy) is 2. The molecule has 2 unspecified atom stereocenters. The third kappa shape index (κ3) is 3.80. The van der Waals surface area contributed by atoms with Gasteiger partial charge in [-0.2, -0.15) is 4.98 Å². The molecule has 0 bridgehead atoms. The van der Waals surface area contributed by atoms with Crippen molar-refractivity contribution in [1.82, 2.24) is 9.97 Å². The number of nitrogens with zero attached hydrogens (tertiary/aromatic N) is 2. The van der Waals surface area contributed by atoms with E-state index in [1.165, 1.54) is 0 Å². The van der Waals surface area contributed by atoms with Crippen molar-refractivity contribution in [3.8, 4) is 5.88 Å². The molecule has 5 nitrogen and oxygen atoms in total. The normalized spacial score (nSPS) is 27.1. The lowest BCUT2D eigenvalue weighted by Crippen LogP contribution is -2.36. The zero-order valence-electron chi connectivity index (χ0n) is 12.1. The van der Waals surface area contributed by atoms with Crippen LogP contribution in [0.15, 0.2) is 6.20 Å². The van der Waals surface area contributed by atoms with Gasteiger partial charge in [0.15, 0.2) is 0 Å². The molecule has 5 heteroatoms. The topological polar surface area (TPSA) is 56.3 Å². The summed E-state index contributed by atoms with van der Waals surface area (Å²) >= 11 is 0. The highest BCUT2D eigenvalue weighted by Crippen LogP contribution is 2.25. The highest BCUT2D eigenvalue weighted by Gasteiger charge is 2.26. The first-order chi connectivity index (χ1) is 9.08. The van der Waals surface area contributed by atoms with Gasteiger partial charge in [-0.05, 0) is 27.7 Å². The second kappa shape index (κ2) is 6.19. The Labute approximate surface area is 114 Å². The van der Waals surface area contributed by atoms with Crippen molar-refractivity contribution in [2.45, 2.75) is 58.8 Å². The summed E-state index contributed by atoms with van der Waals surface area (Å²) in [7, 11) is 0. The van der Waals surface area contributed by atoms with Gasteiger partial charge in [0, 0.05) is 31.1 Å². The molecule has 1 aromatic heterocycles. The molecule has 1 N–H and O–H groups in total. The summed E-state index contributed by atoms with van der Waals surface area (Å²) < 4.78 is 11.8. The van der Waals surface area contributed by atoms with Gasteiger partial charge < -0.3 is 14.8 Å². The van der Waals surface area contributed by atoms with E-state index < -0.39 is 0 Å². The molecule has 0 radical (unpaired) electrons. The van der Waals surface area contributed by atoms with Crippen molar-refractivity contribution >= 4 is 5.95 Å². The maximum Gasteiger partial charge on any atom is 0.225 e. The van der Waals surface area contributed by atoms with Gasteiger partial charge >= 0.3 is 0 Å². The molecule has 2 rings (SSSR count). The highest BCUT2D eigenvalue weighted by molar-refractivity contribution is 5.32. The summed E-state index contributed by atoms with van der Waals surface area (Å²) in [6.07, 6.45) is 4.26. The molecule has 2 heterocycles. The smallest absolute Gasteiger partial charge is 0.225 e. The van der Waals surface area contributed by atoms with Crippen LogP contribution in [0.3, 0.4) is 0 Å². The molecule has 0 saturated carbocycles. The van der Waals surface area contributed by atoms with Crippen LogP contribution in [0.25, 0.3) is 0 Å². The Morgan fingerprint density at radius 2 is 2.05 bits per heavy atom. The van der Waals surface area contributed by atoms with Crippen LogP contribution in [0, 0.1) is 6.92 Å². The number of nitrogens with one attached hydrogen (secondary N) is 1. The molecule has 0 amide bonds. The number of aryl methyl sites for hydroxylation is 1. The second-order valence-electron chi connectivity index (χ2n) is 5.18. The average molecular weight is 265 g/mol. The first kappa shape index (κ1) is 14.1. The first-order valence-electron chi connectivity index (χ1n) is 6.98. The molecule has 2 atom stereocenters. The van der Waals surface area contributed by atoms with Crippen LogP contribution in [-0.2, 0) is 4.74 Å². The van der Waals surface area contributed by atoms with Crippen molar-refractivity contribution in [1.29, 1.82) is 0 Å². The minimum atomic E-state index is 0.168. The van der Waals surface area contributed by atoms with Crippen LogP contribution in [0.4, 0.5) is 5.95 Å². The Balaban J connectivity index is 2.07. The van der Waals surface area contributed by atoms with E-state index in [4.69, 9.17) is 9.47 Å². The van der Waals surface area contributed by atoms with Crippen LogP contribution in [0.5, 0.6) is 5.88 Å². The largest absolute Gasteiger partial charge is 0.474 e. The van der Waals surface area contributed by atoms with E-state index in [2.05, 4.69) is 29.1 Å². The number of hydrogen-bond acceptors (Lipinski definition) is 5. The van der Waals surface area contributed by atoms with Gasteiger partial charge in [0.1, 0.15) is 6.10 Å². The Morgan fingerprint density at radius 1 is 1.37 bits per heavy atom. The second-order valence-corrected chi connectivity index (χ2v) is 5.18. The molecule has 0 spiro atoms. The zero-order chi connectivity index (χ0) is 13.8. The minimum Gasteiger partial charge on any atom is -0.474 e. The standard InChI is InChI=1S/C14H23N3O2/c1-5-15-14-16-8-9(2)13(17-14)19-12-6-10(3)18-11(4)7-12/h8,10-12H,5-7H2,1-4H3,(H,15,16,17). The van der Waals surface area contributed by atoms with Crippen molar-refractivity contribution in [3.05, 3.63) is 11.8 Å². The van der Waals surface area contributed by atoms with Crippen molar-refractivity contribution < 1.29 is 9.47 Å². The van der Waals surface area contributed by atoms with Crippen molar-refractivity contribution in [2.75, 3.05) is 11.9 Å². The minimum absolute atomic E-state index is 0.168. The molecular formula is C14H23N3O2. The molecule has 106 valence electrons. The van der Waals surface area contributed by atoms with E-state index in [1.54, 1.807) is 6.20 Å². The van der Waals surface area contributed by atoms with Gasteiger partial charge in [0.2, 0.25) is 11.8 Å². The maximum absolute atomic E-state index is 6.04. The summed E-state index contributed by atoms with van der Waals surface area (Å²) in [4.78, 5) is 8.65. The Morgan fingerprint density at radius 3 is 2.68 bits per heavy atom. The lowest BCUT2D eigenvalue weighted by Gasteiger charge is -2.32. The Hall–Kier alpha value is -1.36. The van der Waals surface area contributed by atoms with Crippen LogP contribution in [0.1, 0.15) is 39.2 Å². The Kier molecular flexibility index (Phi) is 4.58. The number of anilines is 1. The van der Waals surface area contributed by atoms with E-state index in [9.17, 15) is 0 Å². The summed E-state index contributed by atoms with van der Waals surface area (Å²) in [5.74, 6) is 1.30. The molecular weight excluding hydrogens is 242 g/mol. The SMILES string of the molecule is CCNc1ncc(C)c(OC2CC(C)OC(C)C2)n1. The zero-order valence-corrected chi connectivity index (χ0v) is 12.1. The summed E-state index contributed by atoms with van der Waals surface area (Å²) in [5.41, 5.74) is 0.966. The van der Waals surface area contributed by atoms with E-state index in [0.29, 0.717) is 11.8 Å². The summed E-state index contributed by atoms with van der Waals surface area (Å²) in [6.45, 7) is 8.96. The molecule has 1 fully saturated rings. The monoisotopic (exact) mass is 265 g/mol. The number of rotatable bonds is 4. The fraction of sp³-hybridized carbons (Fsp3) is 0.714. The van der Waals surface area contributed by atoms with Crippen LogP contribution in [-0.4, -0.2) is 34.8 Å². The molecule has 1 saturated heterocycles. The van der Waals surface area contributed by atoms with Gasteiger partial charge in [-0.15, -0.1) is 0 Å². The van der Waals surface area contributed by atoms with Crippen LogP contribution >= 0.6 is 0 Å². The quantitative estimate of drug-likeness (QED) is 0.906. The first-order valence-corrected chi connectivity index (χ1v) is 6.98. The fourth-order valence-corrected chi connectivity index (χ4v) is 2.39. The Bertz CT molecular complexity index is 415. The third-order valence-electron chi connectivity index (χ3n) is 3.19. The van der Waals surface area contributed by atoms with Gasteiger partial charge in [-0.1, -0.05) is 0 Å². The fourth-order valence-electron chi connectivity index (χ4n) is 2.39. The predicted molar refractivity (Wildman–Crippen MR) is 74.6 cm³/mol. The molecule has 0 aromatic carbocycles. The van der Waals surface area contributed by atoms with E-state index >= 15 is 0 Å². The number of aromatic nitrogens is 2. The molecule has 19 heavy (non-hydrogen) atoms. The lowest BCUT2D eigenvalue weighted by atomic mass is 10.0. The highest BCUT2D eigenvalue weighted by atomic mass is 16.5. The summed E-state index contributed by atoms with van der Waals surface area (Å²) in [6, 6.07) is 0. The van der Waals surface area contributed by atoms with Gasteiger partial charge in [-0.3, -0.25) is 0 Å². The summed E-state index contributed by atoms with van der Waals surface area (Å²) in [5, 5.41) is 3.10. The van der Waals surface area contributed by atoms with E-state index in [0.717, 1.165) is 24.9 Å². The van der Waals surface area contributed by atoms with Gasteiger partial charge in [0.25, 0.3) is 0 Å². The lowest BCUT2D eigenvalue weighted by molar-refractivity contribution is -0.0730. The van der Waals surface area contributed by atoms with Gasteiger partial charge in [-0.25, -0.2) is 4.98 Å².